The molecule has 0 amide bonds. The second-order valence-electron chi connectivity index (χ2n) is 2.41. The van der Waals surface area contributed by atoms with Crippen LogP contribution in [0.3, 0.4) is 0 Å². The van der Waals surface area contributed by atoms with E-state index >= 15 is 0 Å². The maximum Gasteiger partial charge on any atom is 0.359 e. The zero-order chi connectivity index (χ0) is 11.7. The summed E-state index contributed by atoms with van der Waals surface area (Å²) in [5.74, 6) is -0.0921. The Balaban J connectivity index is 3.03. The van der Waals surface area contributed by atoms with Gasteiger partial charge in [0.25, 0.3) is 0 Å². The zero-order valence-corrected chi connectivity index (χ0v) is 10.8. The Bertz CT molecular complexity index is 452. The van der Waals surface area contributed by atoms with E-state index < -0.39 is 13.2 Å². The van der Waals surface area contributed by atoms with Crippen molar-refractivity contribution < 1.29 is 12.6 Å². The summed E-state index contributed by atoms with van der Waals surface area (Å²) in [7, 11) is -4.36. The van der Waals surface area contributed by atoms with Crippen molar-refractivity contribution in [3.63, 3.8) is 0 Å². The highest BCUT2D eigenvalue weighted by Crippen LogP contribution is 2.36. The van der Waals surface area contributed by atoms with Gasteiger partial charge in [-0.3, -0.25) is 0 Å². The SMILES string of the molecule is O=S(=O)(Oc1ccccc1Cl)C(Cl)(Cl)Cl. The molecule has 84 valence electrons. The number of rotatable bonds is 2. The predicted molar refractivity (Wildman–Crippen MR) is 61.3 cm³/mol. The first-order valence-electron chi connectivity index (χ1n) is 3.49. The third kappa shape index (κ3) is 3.29. The van der Waals surface area contributed by atoms with Crippen molar-refractivity contribution in [1.29, 1.82) is 0 Å². The van der Waals surface area contributed by atoms with E-state index in [2.05, 4.69) is 4.18 Å². The lowest BCUT2D eigenvalue weighted by Crippen LogP contribution is -2.25. The maximum atomic E-state index is 11.3. The molecule has 1 aromatic carbocycles. The molecule has 0 aliphatic heterocycles. The topological polar surface area (TPSA) is 43.4 Å². The first-order chi connectivity index (χ1) is 6.74. The molecule has 0 aliphatic rings. The molecule has 0 bridgehead atoms. The van der Waals surface area contributed by atoms with Gasteiger partial charge < -0.3 is 4.18 Å². The molecular weight excluding hydrogens is 306 g/mol. The largest absolute Gasteiger partial charge is 0.378 e. The van der Waals surface area contributed by atoms with Gasteiger partial charge in [0.2, 0.25) is 0 Å². The summed E-state index contributed by atoms with van der Waals surface area (Å²) in [6.45, 7) is 0. The average Bonchev–Trinajstić information content (AvgIpc) is 2.06. The number of para-hydroxylation sites is 1. The van der Waals surface area contributed by atoms with E-state index in [4.69, 9.17) is 46.4 Å². The summed E-state index contributed by atoms with van der Waals surface area (Å²) >= 11 is 21.3. The van der Waals surface area contributed by atoms with E-state index in [1.807, 2.05) is 0 Å². The lowest BCUT2D eigenvalue weighted by Gasteiger charge is -2.13. The van der Waals surface area contributed by atoms with Crippen molar-refractivity contribution in [3.8, 4) is 5.75 Å². The predicted octanol–water partition coefficient (Wildman–Crippen LogP) is 3.38. The van der Waals surface area contributed by atoms with Crippen LogP contribution in [-0.4, -0.2) is 11.5 Å². The second-order valence-corrected chi connectivity index (χ2v) is 7.46. The Morgan fingerprint density at radius 1 is 1.13 bits per heavy atom. The van der Waals surface area contributed by atoms with Crippen LogP contribution in [0.5, 0.6) is 5.75 Å². The van der Waals surface area contributed by atoms with E-state index in [1.54, 1.807) is 6.07 Å². The monoisotopic (exact) mass is 308 g/mol. The summed E-state index contributed by atoms with van der Waals surface area (Å²) < 4.78 is 24.6. The van der Waals surface area contributed by atoms with Crippen molar-refractivity contribution in [1.82, 2.24) is 0 Å². The van der Waals surface area contributed by atoms with Gasteiger partial charge in [-0.05, 0) is 12.1 Å². The van der Waals surface area contributed by atoms with Crippen LogP contribution < -0.4 is 4.18 Å². The van der Waals surface area contributed by atoms with Crippen LogP contribution >= 0.6 is 46.4 Å². The van der Waals surface area contributed by atoms with Crippen LogP contribution in [0.2, 0.25) is 5.02 Å². The quantitative estimate of drug-likeness (QED) is 0.621. The summed E-state index contributed by atoms with van der Waals surface area (Å²) in [6, 6.07) is 5.94. The molecule has 0 unspecified atom stereocenters. The Hall–Kier alpha value is 0.130. The summed E-state index contributed by atoms with van der Waals surface area (Å²) in [5, 5.41) is 0.107. The van der Waals surface area contributed by atoms with Gasteiger partial charge in [0, 0.05) is 0 Å². The molecule has 8 heteroatoms. The first kappa shape index (κ1) is 13.2. The molecule has 0 saturated heterocycles. The number of hydrogen-bond donors (Lipinski definition) is 0. The Morgan fingerprint density at radius 3 is 2.13 bits per heavy atom. The molecule has 0 aliphatic carbocycles. The Labute approximate surface area is 107 Å². The van der Waals surface area contributed by atoms with Crippen LogP contribution in [0.25, 0.3) is 0 Å². The van der Waals surface area contributed by atoms with Gasteiger partial charge in [0.1, 0.15) is 0 Å². The van der Waals surface area contributed by atoms with Gasteiger partial charge in [-0.1, -0.05) is 58.5 Å². The molecule has 0 fully saturated rings. The Kier molecular flexibility index (Phi) is 4.01. The van der Waals surface area contributed by atoms with E-state index in [-0.39, 0.29) is 10.8 Å². The minimum absolute atomic E-state index is 0.0921. The van der Waals surface area contributed by atoms with Crippen LogP contribution in [0.1, 0.15) is 0 Å². The molecule has 0 spiro atoms. The van der Waals surface area contributed by atoms with Crippen molar-refractivity contribution >= 4 is 56.5 Å². The van der Waals surface area contributed by atoms with Crippen molar-refractivity contribution in [3.05, 3.63) is 29.3 Å². The standard InChI is InChI=1S/C7H4Cl4O3S/c8-5-3-1-2-4-6(5)14-15(12,13)7(9,10)11/h1-4H. The summed E-state index contributed by atoms with van der Waals surface area (Å²) in [5.41, 5.74) is 0. The molecule has 0 aromatic heterocycles. The van der Waals surface area contributed by atoms with Gasteiger partial charge in [0.05, 0.1) is 5.02 Å². The van der Waals surface area contributed by atoms with Gasteiger partial charge >= 0.3 is 13.2 Å². The van der Waals surface area contributed by atoms with Gasteiger partial charge in [-0.15, -0.1) is 0 Å². The van der Waals surface area contributed by atoms with Crippen LogP contribution in [0.4, 0.5) is 0 Å². The summed E-state index contributed by atoms with van der Waals surface area (Å²) in [4.78, 5) is 0. The van der Waals surface area contributed by atoms with E-state index in [0.29, 0.717) is 0 Å². The van der Waals surface area contributed by atoms with Crippen LogP contribution in [-0.2, 0) is 10.1 Å². The molecule has 0 heterocycles. The molecule has 0 atom stereocenters. The zero-order valence-electron chi connectivity index (χ0n) is 6.95. The third-order valence-electron chi connectivity index (χ3n) is 1.32. The second kappa shape index (κ2) is 4.55. The fourth-order valence-corrected chi connectivity index (χ4v) is 1.66. The van der Waals surface area contributed by atoms with E-state index in [0.717, 1.165) is 0 Å². The lowest BCUT2D eigenvalue weighted by atomic mass is 10.3. The highest BCUT2D eigenvalue weighted by atomic mass is 35.6. The van der Waals surface area contributed by atoms with Crippen molar-refractivity contribution in [2.24, 2.45) is 0 Å². The molecule has 3 nitrogen and oxygen atoms in total. The minimum Gasteiger partial charge on any atom is -0.378 e. The number of benzene rings is 1. The summed E-state index contributed by atoms with van der Waals surface area (Å²) in [6.07, 6.45) is 0. The molecule has 1 aromatic rings. The molecule has 0 radical (unpaired) electrons. The van der Waals surface area contributed by atoms with Crippen molar-refractivity contribution in [2.45, 2.75) is 3.12 Å². The molecule has 15 heavy (non-hydrogen) atoms. The third-order valence-corrected chi connectivity index (χ3v) is 4.30. The number of alkyl halides is 3. The Morgan fingerprint density at radius 2 is 1.67 bits per heavy atom. The first-order valence-corrected chi connectivity index (χ1v) is 6.41. The van der Waals surface area contributed by atoms with Gasteiger partial charge in [-0.25, -0.2) is 0 Å². The average molecular weight is 310 g/mol. The van der Waals surface area contributed by atoms with Crippen LogP contribution in [0, 0.1) is 0 Å². The fraction of sp³-hybridized carbons (Fsp3) is 0.143. The smallest absolute Gasteiger partial charge is 0.359 e. The molecule has 1 rings (SSSR count). The number of hydrogen-bond acceptors (Lipinski definition) is 3. The normalized spacial score (nSPS) is 12.5. The van der Waals surface area contributed by atoms with Gasteiger partial charge in [0.15, 0.2) is 5.75 Å². The van der Waals surface area contributed by atoms with E-state index in [1.165, 1.54) is 18.2 Å². The fourth-order valence-electron chi connectivity index (χ4n) is 0.678. The molecule has 0 N–H and O–H groups in total. The van der Waals surface area contributed by atoms with Gasteiger partial charge in [-0.2, -0.15) is 8.42 Å². The van der Waals surface area contributed by atoms with E-state index in [9.17, 15) is 8.42 Å². The van der Waals surface area contributed by atoms with Crippen molar-refractivity contribution in [2.75, 3.05) is 0 Å². The van der Waals surface area contributed by atoms with Crippen LogP contribution in [0.15, 0.2) is 24.3 Å². The molecule has 0 saturated carbocycles. The molecular formula is C7H4Cl4O3S. The highest BCUT2D eigenvalue weighted by Gasteiger charge is 2.40. The lowest BCUT2D eigenvalue weighted by molar-refractivity contribution is 0.486. The number of halogens is 4. The maximum absolute atomic E-state index is 11.3. The highest BCUT2D eigenvalue weighted by molar-refractivity contribution is 7.93. The minimum atomic E-state index is -4.36.